The van der Waals surface area contributed by atoms with Crippen molar-refractivity contribution in [2.45, 2.75) is 73.0 Å². The van der Waals surface area contributed by atoms with Gasteiger partial charge in [-0.3, -0.25) is 0 Å². The van der Waals surface area contributed by atoms with E-state index in [9.17, 15) is 178 Å². The number of anilines is 3. The Hall–Kier alpha value is -14.3. The molecule has 13 aromatic rings. The highest BCUT2D eigenvalue weighted by molar-refractivity contribution is 8.13. The lowest BCUT2D eigenvalue weighted by atomic mass is 10.1. The Morgan fingerprint density at radius 2 is 0.566 bits per heavy atom. The summed E-state index contributed by atoms with van der Waals surface area (Å²) in [4.78, 5) is -5.37. The van der Waals surface area contributed by atoms with Crippen LogP contribution in [0.2, 0.25) is 0 Å². The molecule has 0 aliphatic carbocycles. The number of nitrogens with zero attached hydrogens (tertiary/aromatic N) is 12. The Bertz CT molecular complexity index is 7240. The predicted molar refractivity (Wildman–Crippen MR) is 435 cm³/mol. The second kappa shape index (κ2) is 48.0. The number of benzene rings is 8. The largest absolute Gasteiger partial charge is 0.508 e. The van der Waals surface area contributed by atoms with E-state index in [0.717, 1.165) is 7.11 Å². The summed E-state index contributed by atoms with van der Waals surface area (Å²) >= 11 is 0. The number of nitrogens with two attached hydrogens (primary N) is 1. The summed E-state index contributed by atoms with van der Waals surface area (Å²) in [5.74, 6) is -26.4. The summed E-state index contributed by atoms with van der Waals surface area (Å²) in [7, 11) is -15.4. The second-order valence-electron chi connectivity index (χ2n) is 27.2. The van der Waals surface area contributed by atoms with Crippen LogP contribution < -0.4 is 23.8 Å². The molecule has 3 N–H and O–H groups in total. The lowest BCUT2D eigenvalue weighted by Crippen LogP contribution is -2.34. The monoisotopic (exact) mass is 2220 g/mol. The Balaban J connectivity index is 0.000000240. The third kappa shape index (κ3) is 33.4. The number of methoxy groups -OCH3 is 2. The van der Waals surface area contributed by atoms with Crippen molar-refractivity contribution in [3.05, 3.63) is 327 Å². The first-order valence-corrected chi connectivity index (χ1v) is 45.8. The van der Waals surface area contributed by atoms with Crippen LogP contribution in [0.4, 0.5) is 154 Å². The zero-order valence-electron chi connectivity index (χ0n) is 70.7. The van der Waals surface area contributed by atoms with E-state index >= 15 is 0 Å². The SMILES string of the molecule is COCN(c1cccnn1)S(=O)(=O)c1cc(F)c(F)cc1F.COCN(c1cccnn1)S(=O)(=O)c1cc(F)c(Oc2cc(C(F)(F)F)cc(C(F)(F)F)c2)cc1F.Nc1cccnn1.O=S(=O)(Cc1cccnn1)c1cc(F)c(F)cc1F.O=S(=O)(Cc1cccnn1)c1cc(F)c(Oc2cc(C(F)(F)F)cc(C(F)(F)F)c2)cc1F.O=S(=O)(Cl)c1cc(F)c(F)cc1F.Oc1cc(C(F)(F)F)cc(C(F)(F)F)c1. The molecule has 0 atom stereocenters. The number of ether oxygens (including phenoxy) is 4. The van der Waals surface area contributed by atoms with Crippen molar-refractivity contribution in [3.8, 4) is 28.7 Å². The molecular weight excluding hydrogens is 2170 g/mol. The van der Waals surface area contributed by atoms with Gasteiger partial charge in [-0.25, -0.2) is 108 Å². The molecule has 5 heterocycles. The summed E-state index contributed by atoms with van der Waals surface area (Å²) in [5.41, 5.74) is -4.88. The first-order chi connectivity index (χ1) is 66.9. The number of aromatic nitrogens is 10. The molecule has 0 bridgehead atoms. The molecule has 13 rings (SSSR count). The molecule has 0 saturated heterocycles. The highest BCUT2D eigenvalue weighted by atomic mass is 35.7. The van der Waals surface area contributed by atoms with Crippen LogP contribution >= 0.6 is 10.7 Å². The number of sulfone groups is 2. The number of nitrogen functional groups attached to an aromatic ring is 1. The van der Waals surface area contributed by atoms with Gasteiger partial charge in [0.1, 0.15) is 90.1 Å². The first-order valence-electron chi connectivity index (χ1n) is 37.3. The third-order valence-electron chi connectivity index (χ3n) is 16.8. The van der Waals surface area contributed by atoms with Gasteiger partial charge in [-0.1, -0.05) is 0 Å². The number of aromatic hydroxyl groups is 1. The molecule has 145 heavy (non-hydrogen) atoms. The van der Waals surface area contributed by atoms with Gasteiger partial charge in [0.05, 0.1) is 56.3 Å². The zero-order chi connectivity index (χ0) is 109. The summed E-state index contributed by atoms with van der Waals surface area (Å²) in [5, 5.41) is 43.9. The van der Waals surface area contributed by atoms with E-state index in [1.165, 1.54) is 80.4 Å². The average Bonchev–Trinajstić information content (AvgIpc) is 0.775. The molecule has 8 aromatic carbocycles. The second-order valence-corrected chi connectivity index (χ2v) is 37.3. The fraction of sp³-hybridized carbons (Fsp3) is 0.150. The van der Waals surface area contributed by atoms with Crippen LogP contribution in [0.1, 0.15) is 44.8 Å². The summed E-state index contributed by atoms with van der Waals surface area (Å²) in [6.07, 6.45) is -24.0. The van der Waals surface area contributed by atoms with Gasteiger partial charge in [-0.15, -0.1) is 15.3 Å². The van der Waals surface area contributed by atoms with Gasteiger partial charge in [0.25, 0.3) is 29.1 Å². The van der Waals surface area contributed by atoms with Crippen molar-refractivity contribution in [3.63, 3.8) is 0 Å². The van der Waals surface area contributed by atoms with Gasteiger partial charge < -0.3 is 29.8 Å². The highest BCUT2D eigenvalue weighted by Gasteiger charge is 2.42. The average molecular weight is 2220 g/mol. The van der Waals surface area contributed by atoms with Crippen LogP contribution in [-0.2, 0) is 107 Å². The number of alkyl halides is 18. The van der Waals surface area contributed by atoms with Crippen molar-refractivity contribution in [2.75, 3.05) is 42.0 Å². The van der Waals surface area contributed by atoms with E-state index in [4.69, 9.17) is 40.5 Å². The van der Waals surface area contributed by atoms with Crippen molar-refractivity contribution in [1.29, 1.82) is 0 Å². The van der Waals surface area contributed by atoms with E-state index in [1.54, 1.807) is 18.3 Å². The summed E-state index contributed by atoms with van der Waals surface area (Å²) in [6, 6.07) is 16.7. The van der Waals surface area contributed by atoms with Crippen LogP contribution in [0.5, 0.6) is 28.7 Å². The maximum Gasteiger partial charge on any atom is 0.416 e. The van der Waals surface area contributed by atoms with Crippen molar-refractivity contribution >= 4 is 76.9 Å². The molecule has 0 radical (unpaired) electrons. The Morgan fingerprint density at radius 1 is 0.310 bits per heavy atom. The van der Waals surface area contributed by atoms with Crippen LogP contribution in [0, 0.1) is 75.6 Å². The maximum absolute atomic E-state index is 14.8. The summed E-state index contributed by atoms with van der Waals surface area (Å²) in [6.45, 7) is -1.20. The lowest BCUT2D eigenvalue weighted by molar-refractivity contribution is -0.144. The van der Waals surface area contributed by atoms with Gasteiger partial charge >= 0.3 is 37.1 Å². The van der Waals surface area contributed by atoms with Gasteiger partial charge in [-0.05, 0) is 133 Å². The van der Waals surface area contributed by atoms with E-state index in [0.29, 0.717) is 20.5 Å². The fourth-order valence-corrected chi connectivity index (χ4v) is 16.8. The number of hydrogen-bond donors (Lipinski definition) is 2. The number of hydrogen-bond acceptors (Lipinski definition) is 26. The number of halogens is 32. The molecule has 5 aromatic heterocycles. The zero-order valence-corrected chi connectivity index (χ0v) is 75.5. The molecule has 0 amide bonds. The van der Waals surface area contributed by atoms with Gasteiger partial charge in [0.15, 0.2) is 89.3 Å². The molecule has 65 heteroatoms. The van der Waals surface area contributed by atoms with Crippen molar-refractivity contribution < 1.29 is 202 Å². The Morgan fingerprint density at radius 3 is 0.841 bits per heavy atom. The van der Waals surface area contributed by atoms with E-state index in [2.05, 4.69) is 51.0 Å². The minimum Gasteiger partial charge on any atom is -0.508 e. The van der Waals surface area contributed by atoms with Gasteiger partial charge in [-0.2, -0.15) is 115 Å². The molecule has 780 valence electrons. The number of phenols is 1. The predicted octanol–water partition coefficient (Wildman–Crippen LogP) is 20.0. The van der Waals surface area contributed by atoms with Crippen molar-refractivity contribution in [2.24, 2.45) is 0 Å². The van der Waals surface area contributed by atoms with Gasteiger partial charge in [0, 0.05) is 98.4 Å². The quantitative estimate of drug-likeness (QED) is 0.0222. The van der Waals surface area contributed by atoms with Gasteiger partial charge in [0.2, 0.25) is 0 Å². The molecule has 28 nitrogen and oxygen atoms in total. The van der Waals surface area contributed by atoms with E-state index < -0.39 is 273 Å². The molecular formula is C80H51ClF31N13O15S5. The molecule has 0 saturated carbocycles. The number of phenolic OH excluding ortho intramolecular Hbond substituents is 1. The molecule has 0 unspecified atom stereocenters. The topological polar surface area (TPSA) is 389 Å². The highest BCUT2D eigenvalue weighted by Crippen LogP contribution is 2.45. The van der Waals surface area contributed by atoms with E-state index in [-0.39, 0.29) is 132 Å². The maximum atomic E-state index is 14.8. The van der Waals surface area contributed by atoms with Crippen LogP contribution in [0.15, 0.2) is 231 Å². The minimum atomic E-state index is -5.22. The molecule has 0 aliphatic heterocycles. The van der Waals surface area contributed by atoms with Crippen molar-refractivity contribution in [1.82, 2.24) is 51.0 Å². The summed E-state index contributed by atoms with van der Waals surface area (Å²) < 4.78 is 544. The normalized spacial score (nSPS) is 12.0. The molecule has 0 fully saturated rings. The number of rotatable bonds is 21. The molecule has 0 aliphatic rings. The molecule has 0 spiro atoms. The Labute approximate surface area is 797 Å². The van der Waals surface area contributed by atoms with E-state index in [1.807, 2.05) is 0 Å². The minimum absolute atomic E-state index is 0.0558. The fourth-order valence-electron chi connectivity index (χ4n) is 10.4. The number of sulfonamides is 2. The Kier molecular flexibility index (Phi) is 38.9. The first kappa shape index (κ1) is 118. The smallest absolute Gasteiger partial charge is 0.416 e. The standard InChI is InChI=1S/C20H13F8N3O4S.C19H10F8N2O3S.C12H10F3N3O3S.C11H7F3N2O2S.C8H4F6O.C6H2ClF3O2S.C4H5N3/c1-34-10-31(18-3-2-4-29-30-18)36(32,33)17-9-14(21)16(8-15(17)22)35-13-6-11(19(23,24)25)5-12(7-13)20(26,27)28;20-14-8-17(33(30,31)9-12-2-1-3-28-29-12)15(21)7-16(14)32-13-5-10(18(22,23)24)4-11(6-13)19(25,26)27;1-21-7-18(12-3-2-4-16-17-12)22(19,20)11-6-9(14)8(13)5-10(11)15;12-8-4-10(14)11(5-9(8)13)19(17,18)6-7-2-1-3-15-16-7;9-7(10,11)4-1-5(8(12,13)14)3-6(15)2-4;7-13(11,12)6-2-4(9)3(8)1-5(6)10;5-4-2-1-3-6-7-4/h2-9H,10H2,1H3;1-8H,9H2;2-6H,7H2,1H3;1-5H,6H2;1-3,15H;1-2H;1-3H,(H2,5,7). The van der Waals surface area contributed by atoms with Crippen LogP contribution in [0.3, 0.4) is 0 Å². The van der Waals surface area contributed by atoms with Crippen LogP contribution in [0.25, 0.3) is 0 Å². The third-order valence-corrected chi connectivity index (χ3v) is 24.9. The lowest BCUT2D eigenvalue weighted by Gasteiger charge is -2.22. The van der Waals surface area contributed by atoms with Crippen LogP contribution in [-0.4, -0.2) is 126 Å².